The molecule has 0 radical (unpaired) electrons. The molecule has 1 N–H and O–H groups in total. The number of benzene rings is 1. The first-order valence-electron chi connectivity index (χ1n) is 7.08. The molecule has 2 atom stereocenters. The summed E-state index contributed by atoms with van der Waals surface area (Å²) >= 11 is 0. The van der Waals surface area contributed by atoms with Gasteiger partial charge in [0.15, 0.2) is 0 Å². The van der Waals surface area contributed by atoms with Crippen LogP contribution in [0.2, 0.25) is 0 Å². The first-order valence-corrected chi connectivity index (χ1v) is 5.08. The van der Waals surface area contributed by atoms with E-state index in [2.05, 4.69) is 0 Å². The van der Waals surface area contributed by atoms with Crippen LogP contribution in [0.3, 0.4) is 0 Å². The summed E-state index contributed by atoms with van der Waals surface area (Å²) in [4.78, 5) is 0. The Hall–Kier alpha value is -0.890. The lowest BCUT2D eigenvalue weighted by Gasteiger charge is -2.33. The van der Waals surface area contributed by atoms with Crippen LogP contribution in [-0.4, -0.2) is 11.2 Å². The molecule has 0 fully saturated rings. The van der Waals surface area contributed by atoms with E-state index in [0.29, 0.717) is 5.56 Å². The molecule has 0 aliphatic heterocycles. The van der Waals surface area contributed by atoms with Gasteiger partial charge in [-0.1, -0.05) is 19.9 Å². The lowest BCUT2D eigenvalue weighted by Crippen LogP contribution is -2.28. The van der Waals surface area contributed by atoms with Gasteiger partial charge in [0.25, 0.3) is 0 Å². The molecule has 2 rings (SSSR count). The van der Waals surface area contributed by atoms with Crippen molar-refractivity contribution in [1.29, 1.82) is 0 Å². The predicted octanol–water partition coefficient (Wildman–Crippen LogP) is 2.87. The minimum absolute atomic E-state index is 0.00139. The summed E-state index contributed by atoms with van der Waals surface area (Å²) in [7, 11) is 0. The van der Waals surface area contributed by atoms with E-state index < -0.39 is 30.6 Å². The molecule has 1 aliphatic rings. The number of halogens is 1. The highest BCUT2D eigenvalue weighted by atomic mass is 19.1. The second-order valence-corrected chi connectivity index (χ2v) is 4.22. The number of rotatable bonds is 1. The molecule has 15 heavy (non-hydrogen) atoms. The Bertz CT molecular complexity index is 501. The third-order valence-corrected chi connectivity index (χ3v) is 2.79. The van der Waals surface area contributed by atoms with Crippen LogP contribution in [0.5, 0.6) is 0 Å². The molecule has 0 spiro atoms. The molecule has 2 unspecified atom stereocenters. The van der Waals surface area contributed by atoms with Crippen LogP contribution in [-0.2, 0) is 6.37 Å². The Kier molecular flexibility index (Phi) is 1.74. The fraction of sp³-hybridized carbons (Fsp3) is 0.538. The SMILES string of the molecule is [2H]C1([2H])c2cc(F)ccc2C(C(C)C)C(O)C1([2H])[2H]. The molecule has 0 bridgehead atoms. The zero-order valence-corrected chi connectivity index (χ0v) is 8.79. The molecule has 1 nitrogen and oxygen atoms in total. The van der Waals surface area contributed by atoms with Crippen LogP contribution >= 0.6 is 0 Å². The predicted molar refractivity (Wildman–Crippen MR) is 58.3 cm³/mol. The highest BCUT2D eigenvalue weighted by Crippen LogP contribution is 2.37. The number of fused-ring (bicyclic) bond motifs is 1. The van der Waals surface area contributed by atoms with Crippen molar-refractivity contribution in [1.82, 2.24) is 0 Å². The molecule has 2 heteroatoms. The normalized spacial score (nSPS) is 36.1. The Labute approximate surface area is 95.6 Å². The van der Waals surface area contributed by atoms with Gasteiger partial charge in [-0.3, -0.25) is 0 Å². The van der Waals surface area contributed by atoms with Crippen molar-refractivity contribution in [2.45, 2.75) is 38.6 Å². The van der Waals surface area contributed by atoms with Gasteiger partial charge >= 0.3 is 0 Å². The van der Waals surface area contributed by atoms with Crippen molar-refractivity contribution in [2.75, 3.05) is 0 Å². The zero-order valence-electron chi connectivity index (χ0n) is 12.8. The van der Waals surface area contributed by atoms with Crippen molar-refractivity contribution >= 4 is 0 Å². The highest BCUT2D eigenvalue weighted by molar-refractivity contribution is 5.34. The standard InChI is InChI=1S/C13H17FO/c1-8(2)13-11-5-4-10(14)7-9(11)3-6-12(13)15/h4-5,7-8,12-13,15H,3,6H2,1-2H3/i3D2,6D2. The van der Waals surface area contributed by atoms with Crippen LogP contribution in [0.15, 0.2) is 18.2 Å². The molecular weight excluding hydrogens is 191 g/mol. The molecule has 1 aromatic carbocycles. The molecule has 0 saturated carbocycles. The Morgan fingerprint density at radius 2 is 2.27 bits per heavy atom. The second kappa shape index (κ2) is 3.93. The summed E-state index contributed by atoms with van der Waals surface area (Å²) < 4.78 is 45.0. The van der Waals surface area contributed by atoms with Crippen LogP contribution in [0, 0.1) is 11.7 Å². The Morgan fingerprint density at radius 3 is 2.93 bits per heavy atom. The van der Waals surface area contributed by atoms with Gasteiger partial charge < -0.3 is 5.11 Å². The lowest BCUT2D eigenvalue weighted by atomic mass is 9.75. The van der Waals surface area contributed by atoms with Gasteiger partial charge in [-0.05, 0) is 41.9 Å². The van der Waals surface area contributed by atoms with E-state index in [-0.39, 0.29) is 11.5 Å². The summed E-state index contributed by atoms with van der Waals surface area (Å²) in [6.45, 7) is 3.66. The van der Waals surface area contributed by atoms with Gasteiger partial charge in [0.2, 0.25) is 0 Å². The highest BCUT2D eigenvalue weighted by Gasteiger charge is 2.30. The third kappa shape index (κ3) is 1.91. The summed E-state index contributed by atoms with van der Waals surface area (Å²) in [6.07, 6.45) is -6.33. The van der Waals surface area contributed by atoms with Crippen LogP contribution < -0.4 is 0 Å². The molecule has 1 aromatic rings. The maximum absolute atomic E-state index is 13.4. The van der Waals surface area contributed by atoms with E-state index >= 15 is 0 Å². The van der Waals surface area contributed by atoms with Crippen molar-refractivity contribution in [3.05, 3.63) is 35.1 Å². The van der Waals surface area contributed by atoms with Crippen LogP contribution in [0.25, 0.3) is 0 Å². The first-order chi connectivity index (χ1) is 8.60. The van der Waals surface area contributed by atoms with E-state index in [1.807, 2.05) is 13.8 Å². The van der Waals surface area contributed by atoms with Gasteiger partial charge in [-0.25, -0.2) is 4.39 Å². The lowest BCUT2D eigenvalue weighted by molar-refractivity contribution is 0.106. The van der Waals surface area contributed by atoms with E-state index in [4.69, 9.17) is 5.48 Å². The summed E-state index contributed by atoms with van der Waals surface area (Å²) in [5, 5.41) is 10.2. The fourth-order valence-corrected chi connectivity index (χ4v) is 2.06. The second-order valence-electron chi connectivity index (χ2n) is 4.22. The average Bonchev–Trinajstić information content (AvgIpc) is 2.28. The van der Waals surface area contributed by atoms with E-state index in [1.165, 1.54) is 12.1 Å². The molecule has 0 saturated heterocycles. The van der Waals surface area contributed by atoms with Crippen molar-refractivity contribution in [2.24, 2.45) is 5.92 Å². The zero-order chi connectivity index (χ0) is 14.6. The first kappa shape index (κ1) is 6.64. The van der Waals surface area contributed by atoms with Crippen molar-refractivity contribution < 1.29 is 15.0 Å². The number of aliphatic hydroxyl groups is 1. The fourth-order valence-electron chi connectivity index (χ4n) is 2.06. The number of aryl methyl sites for hydroxylation is 1. The van der Waals surface area contributed by atoms with Gasteiger partial charge in [-0.15, -0.1) is 0 Å². The number of hydrogen-bond donors (Lipinski definition) is 1. The molecular formula is C13H17FO. The van der Waals surface area contributed by atoms with Crippen molar-refractivity contribution in [3.63, 3.8) is 0 Å². The minimum Gasteiger partial charge on any atom is -0.392 e. The number of aliphatic hydroxyl groups excluding tert-OH is 1. The molecule has 1 aliphatic carbocycles. The Morgan fingerprint density at radius 1 is 1.53 bits per heavy atom. The smallest absolute Gasteiger partial charge is 0.123 e. The summed E-state index contributed by atoms with van der Waals surface area (Å²) in [5.74, 6) is -1.22. The Balaban J connectivity index is 2.73. The van der Waals surface area contributed by atoms with Gasteiger partial charge in [0.1, 0.15) is 5.82 Å². The quantitative estimate of drug-likeness (QED) is 0.759. The minimum atomic E-state index is -2.46. The monoisotopic (exact) mass is 212 g/mol. The molecule has 0 heterocycles. The summed E-state index contributed by atoms with van der Waals surface area (Å²) in [5.41, 5.74) is 0.491. The van der Waals surface area contributed by atoms with E-state index in [0.717, 1.165) is 6.07 Å². The van der Waals surface area contributed by atoms with E-state index in [1.54, 1.807) is 0 Å². The molecule has 0 aromatic heterocycles. The topological polar surface area (TPSA) is 20.2 Å². The van der Waals surface area contributed by atoms with Crippen LogP contribution in [0.4, 0.5) is 4.39 Å². The van der Waals surface area contributed by atoms with E-state index in [9.17, 15) is 9.50 Å². The van der Waals surface area contributed by atoms with Gasteiger partial charge in [-0.2, -0.15) is 0 Å². The number of hydrogen-bond acceptors (Lipinski definition) is 1. The third-order valence-electron chi connectivity index (χ3n) is 2.79. The maximum Gasteiger partial charge on any atom is 0.123 e. The van der Waals surface area contributed by atoms with Crippen LogP contribution in [0.1, 0.15) is 42.7 Å². The molecule has 82 valence electrons. The summed E-state index contributed by atoms with van der Waals surface area (Å²) in [6, 6.07) is 3.71. The average molecular weight is 212 g/mol. The maximum atomic E-state index is 13.4. The molecule has 0 amide bonds. The van der Waals surface area contributed by atoms with Gasteiger partial charge in [0, 0.05) is 11.4 Å². The van der Waals surface area contributed by atoms with Crippen molar-refractivity contribution in [3.8, 4) is 0 Å². The van der Waals surface area contributed by atoms with Gasteiger partial charge in [0.05, 0.1) is 6.10 Å². The largest absolute Gasteiger partial charge is 0.392 e.